The van der Waals surface area contributed by atoms with Crippen molar-refractivity contribution in [3.05, 3.63) is 90.5 Å². The van der Waals surface area contributed by atoms with E-state index in [0.717, 1.165) is 53.9 Å². The molecule has 0 radical (unpaired) electrons. The van der Waals surface area contributed by atoms with Crippen molar-refractivity contribution in [1.29, 1.82) is 0 Å². The van der Waals surface area contributed by atoms with E-state index < -0.39 is 11.9 Å². The number of likely N-dealkylation sites (tertiary alicyclic amines) is 1. The quantitative estimate of drug-likeness (QED) is 0.203. The number of amides is 2. The van der Waals surface area contributed by atoms with Gasteiger partial charge in [-0.1, -0.05) is 24.3 Å². The molecule has 7 rings (SSSR count). The minimum absolute atomic E-state index is 0.0942. The summed E-state index contributed by atoms with van der Waals surface area (Å²) >= 11 is 0. The number of nitrogens with one attached hydrogen (secondary N) is 2. The summed E-state index contributed by atoms with van der Waals surface area (Å²) in [7, 11) is 0. The first-order valence-corrected chi connectivity index (χ1v) is 15.3. The molecule has 0 saturated carbocycles. The molecule has 3 aromatic carbocycles. The van der Waals surface area contributed by atoms with Crippen LogP contribution in [0.25, 0.3) is 22.3 Å². The van der Waals surface area contributed by atoms with Crippen LogP contribution in [0.4, 0.5) is 15.9 Å². The number of nitrogen functional groups attached to an aromatic ring is 1. The Hall–Kier alpha value is -5.36. The lowest BCUT2D eigenvalue weighted by Gasteiger charge is -2.33. The number of para-hydroxylation sites is 1. The Balaban J connectivity index is 1.06. The average molecular weight is 621 g/mol. The number of hydrogen-bond acceptors (Lipinski definition) is 9. The van der Waals surface area contributed by atoms with Gasteiger partial charge in [-0.05, 0) is 73.4 Å². The largest absolute Gasteiger partial charge is 0.457 e. The third-order valence-electron chi connectivity index (χ3n) is 8.56. The number of carbonyl (C=O) groups is 2. The lowest BCUT2D eigenvalue weighted by atomic mass is 10.0. The van der Waals surface area contributed by atoms with E-state index in [-0.39, 0.29) is 24.3 Å². The number of anilines is 2. The Morgan fingerprint density at radius 1 is 0.957 bits per heavy atom. The van der Waals surface area contributed by atoms with E-state index in [1.807, 2.05) is 59.3 Å². The van der Waals surface area contributed by atoms with Crippen LogP contribution in [-0.4, -0.2) is 55.6 Å². The number of nitrogens with zero attached hydrogens (tertiary/aromatic N) is 5. The molecule has 1 unspecified atom stereocenters. The summed E-state index contributed by atoms with van der Waals surface area (Å²) in [6.45, 7) is 2.14. The van der Waals surface area contributed by atoms with Crippen molar-refractivity contribution in [1.82, 2.24) is 30.0 Å². The number of rotatable bonds is 8. The number of halogens is 1. The van der Waals surface area contributed by atoms with Crippen LogP contribution in [0, 0.1) is 5.82 Å². The van der Waals surface area contributed by atoms with Gasteiger partial charge >= 0.3 is 0 Å². The third-order valence-corrected chi connectivity index (χ3v) is 8.56. The van der Waals surface area contributed by atoms with Crippen molar-refractivity contribution >= 4 is 34.4 Å². The summed E-state index contributed by atoms with van der Waals surface area (Å²) in [6.07, 6.45) is 3.72. The van der Waals surface area contributed by atoms with Gasteiger partial charge in [-0.15, -0.1) is 0 Å². The first kappa shape index (κ1) is 29.4. The van der Waals surface area contributed by atoms with Crippen LogP contribution in [-0.2, 0) is 16.1 Å². The highest BCUT2D eigenvalue weighted by atomic mass is 19.1. The first-order chi connectivity index (χ1) is 22.4. The van der Waals surface area contributed by atoms with Crippen LogP contribution in [0.2, 0.25) is 0 Å². The van der Waals surface area contributed by atoms with Crippen molar-refractivity contribution in [2.45, 2.75) is 44.3 Å². The van der Waals surface area contributed by atoms with E-state index in [2.05, 4.69) is 25.5 Å². The van der Waals surface area contributed by atoms with Gasteiger partial charge < -0.3 is 15.8 Å². The highest BCUT2D eigenvalue weighted by Gasteiger charge is 2.29. The SMILES string of the molecule is Nc1ncnc2c1c(-c1ccc(Oc3ccccc3)cc1)nn2C1CCN(Cc2ccc(F)cc2NC2CCC(=O)NC2=O)CC1. The standard InChI is InChI=1S/C34H33FN8O3/c35-23-9-6-22(28(18-23)39-27-12-13-29(44)40-34(27)45)19-42-16-14-24(15-17-42)43-33-30(32(36)37-20-38-33)31(41-43)21-7-10-26(11-8-21)46-25-4-2-1-3-5-25/h1-11,18,20,24,27,39H,12-17,19H2,(H2,36,37,38)(H,40,44,45). The topological polar surface area (TPSA) is 140 Å². The van der Waals surface area contributed by atoms with E-state index in [1.54, 1.807) is 6.07 Å². The first-order valence-electron chi connectivity index (χ1n) is 15.3. The van der Waals surface area contributed by atoms with Crippen LogP contribution in [0.5, 0.6) is 11.5 Å². The monoisotopic (exact) mass is 620 g/mol. The predicted octanol–water partition coefficient (Wildman–Crippen LogP) is 5.06. The maximum absolute atomic E-state index is 14.2. The molecule has 1 atom stereocenters. The zero-order valence-corrected chi connectivity index (χ0v) is 25.0. The molecule has 2 amide bonds. The van der Waals surface area contributed by atoms with Crippen LogP contribution in [0.15, 0.2) is 79.1 Å². The highest BCUT2D eigenvalue weighted by molar-refractivity contribution is 6.01. The van der Waals surface area contributed by atoms with Gasteiger partial charge in [0.15, 0.2) is 5.65 Å². The third kappa shape index (κ3) is 6.11. The van der Waals surface area contributed by atoms with Gasteiger partial charge in [0.25, 0.3) is 0 Å². The number of carbonyl (C=O) groups excluding carboxylic acids is 2. The normalized spacial score (nSPS) is 17.6. The zero-order valence-electron chi connectivity index (χ0n) is 25.0. The molecule has 2 aliphatic rings. The molecule has 2 saturated heterocycles. The Morgan fingerprint density at radius 3 is 2.48 bits per heavy atom. The molecule has 4 N–H and O–H groups in total. The predicted molar refractivity (Wildman–Crippen MR) is 171 cm³/mol. The van der Waals surface area contributed by atoms with Gasteiger partial charge in [0, 0.05) is 37.3 Å². The molecule has 5 aromatic rings. The Kier molecular flexibility index (Phi) is 8.02. The Labute approximate surface area is 264 Å². The molecule has 234 valence electrons. The van der Waals surface area contributed by atoms with E-state index in [1.165, 1.54) is 18.5 Å². The second-order valence-corrected chi connectivity index (χ2v) is 11.6. The van der Waals surface area contributed by atoms with E-state index in [0.29, 0.717) is 35.9 Å². The number of aromatic nitrogens is 4. The zero-order chi connectivity index (χ0) is 31.6. The van der Waals surface area contributed by atoms with Gasteiger partial charge in [0.05, 0.1) is 11.4 Å². The smallest absolute Gasteiger partial charge is 0.249 e. The fraction of sp³-hybridized carbons (Fsp3) is 0.265. The van der Waals surface area contributed by atoms with Gasteiger partial charge in [-0.2, -0.15) is 5.10 Å². The highest BCUT2D eigenvalue weighted by Crippen LogP contribution is 2.35. The fourth-order valence-electron chi connectivity index (χ4n) is 6.16. The van der Waals surface area contributed by atoms with Crippen molar-refractivity contribution < 1.29 is 18.7 Å². The number of fused-ring (bicyclic) bond motifs is 1. The molecule has 2 aliphatic heterocycles. The Bertz CT molecular complexity index is 1890. The molecule has 0 spiro atoms. The van der Waals surface area contributed by atoms with Crippen molar-refractivity contribution in [3.63, 3.8) is 0 Å². The van der Waals surface area contributed by atoms with Gasteiger partial charge in [0.2, 0.25) is 11.8 Å². The summed E-state index contributed by atoms with van der Waals surface area (Å²) < 4.78 is 22.2. The summed E-state index contributed by atoms with van der Waals surface area (Å²) in [5.74, 6) is 0.781. The molecule has 12 heteroatoms. The molecular weight excluding hydrogens is 587 g/mol. The van der Waals surface area contributed by atoms with E-state index in [4.69, 9.17) is 15.6 Å². The summed E-state index contributed by atoms with van der Waals surface area (Å²) in [5.41, 5.74) is 10.1. The molecule has 2 fully saturated rings. The molecular formula is C34H33FN8O3. The van der Waals surface area contributed by atoms with Crippen LogP contribution in [0.3, 0.4) is 0 Å². The number of imide groups is 1. The van der Waals surface area contributed by atoms with Crippen LogP contribution < -0.4 is 21.1 Å². The molecule has 4 heterocycles. The van der Waals surface area contributed by atoms with Crippen LogP contribution in [0.1, 0.15) is 37.3 Å². The fourth-order valence-corrected chi connectivity index (χ4v) is 6.16. The number of piperidine rings is 2. The number of ether oxygens (including phenoxy) is 1. The minimum atomic E-state index is -0.590. The minimum Gasteiger partial charge on any atom is -0.457 e. The Morgan fingerprint density at radius 2 is 1.72 bits per heavy atom. The maximum Gasteiger partial charge on any atom is 0.249 e. The van der Waals surface area contributed by atoms with Gasteiger partial charge in [0.1, 0.15) is 41.2 Å². The lowest BCUT2D eigenvalue weighted by Crippen LogP contribution is -2.47. The average Bonchev–Trinajstić information content (AvgIpc) is 3.46. The molecule has 0 aliphatic carbocycles. The summed E-state index contributed by atoms with van der Waals surface area (Å²) in [5, 5.41) is 11.3. The molecule has 11 nitrogen and oxygen atoms in total. The van der Waals surface area contributed by atoms with Crippen molar-refractivity contribution in [3.8, 4) is 22.8 Å². The molecule has 2 aromatic heterocycles. The summed E-state index contributed by atoms with van der Waals surface area (Å²) in [4.78, 5) is 35.0. The number of benzene rings is 3. The second kappa shape index (κ2) is 12.6. The maximum atomic E-state index is 14.2. The van der Waals surface area contributed by atoms with E-state index in [9.17, 15) is 14.0 Å². The van der Waals surface area contributed by atoms with E-state index >= 15 is 0 Å². The summed E-state index contributed by atoms with van der Waals surface area (Å²) in [6, 6.07) is 21.4. The second-order valence-electron chi connectivity index (χ2n) is 11.6. The van der Waals surface area contributed by atoms with Crippen molar-refractivity contribution in [2.75, 3.05) is 24.1 Å². The van der Waals surface area contributed by atoms with Crippen molar-refractivity contribution in [2.24, 2.45) is 0 Å². The van der Waals surface area contributed by atoms with Crippen LogP contribution >= 0.6 is 0 Å². The lowest BCUT2D eigenvalue weighted by molar-refractivity contribution is -0.133. The molecule has 0 bridgehead atoms. The number of hydrogen-bond donors (Lipinski definition) is 3. The van der Waals surface area contributed by atoms with Gasteiger partial charge in [-0.25, -0.2) is 19.0 Å². The molecule has 46 heavy (non-hydrogen) atoms. The van der Waals surface area contributed by atoms with Gasteiger partial charge in [-0.3, -0.25) is 19.8 Å². The number of nitrogens with two attached hydrogens (primary N) is 1.